The molecule has 0 unspecified atom stereocenters. The Labute approximate surface area is 184 Å². The molecule has 0 radical (unpaired) electrons. The predicted molar refractivity (Wildman–Crippen MR) is 119 cm³/mol. The molecule has 2 amide bonds. The highest BCUT2D eigenvalue weighted by atomic mass is 16.6. The van der Waals surface area contributed by atoms with Crippen molar-refractivity contribution < 1.29 is 24.0 Å². The average molecular weight is 435 g/mol. The molecule has 3 aromatic rings. The molecule has 0 spiro atoms. The number of carbonyl (C=O) groups is 2. The smallest absolute Gasteiger partial charge is 0.269 e. The van der Waals surface area contributed by atoms with E-state index in [-0.39, 0.29) is 18.2 Å². The second-order valence-corrected chi connectivity index (χ2v) is 6.58. The Hall–Kier alpha value is -4.40. The van der Waals surface area contributed by atoms with E-state index >= 15 is 0 Å². The van der Waals surface area contributed by atoms with Crippen LogP contribution in [0.4, 0.5) is 17.1 Å². The molecule has 2 N–H and O–H groups in total. The molecule has 0 aliphatic rings. The Morgan fingerprint density at radius 2 is 1.34 bits per heavy atom. The van der Waals surface area contributed by atoms with Crippen molar-refractivity contribution in [2.75, 3.05) is 23.8 Å². The normalized spacial score (nSPS) is 10.2. The number of nitro groups is 1. The third-order valence-electron chi connectivity index (χ3n) is 4.27. The molecule has 3 aromatic carbocycles. The fourth-order valence-corrected chi connectivity index (χ4v) is 2.72. The molecule has 0 atom stereocenters. The molecule has 0 heterocycles. The molecule has 3 rings (SSSR count). The lowest BCUT2D eigenvalue weighted by molar-refractivity contribution is -0.384. The third kappa shape index (κ3) is 6.30. The van der Waals surface area contributed by atoms with Crippen LogP contribution in [0.1, 0.15) is 17.3 Å². The molecule has 0 saturated heterocycles. The molecule has 0 aliphatic carbocycles. The first kappa shape index (κ1) is 22.3. The Balaban J connectivity index is 1.49. The van der Waals surface area contributed by atoms with Gasteiger partial charge < -0.3 is 20.1 Å². The summed E-state index contributed by atoms with van der Waals surface area (Å²) in [6.45, 7) is 2.20. The second-order valence-electron chi connectivity index (χ2n) is 6.58. The van der Waals surface area contributed by atoms with Gasteiger partial charge in [-0.1, -0.05) is 0 Å². The van der Waals surface area contributed by atoms with Crippen molar-refractivity contribution in [3.8, 4) is 11.5 Å². The number of nitrogens with one attached hydrogen (secondary N) is 2. The van der Waals surface area contributed by atoms with Gasteiger partial charge in [-0.2, -0.15) is 0 Å². The van der Waals surface area contributed by atoms with Crippen LogP contribution < -0.4 is 20.1 Å². The molecule has 0 aliphatic heterocycles. The minimum Gasteiger partial charge on any atom is -0.494 e. The van der Waals surface area contributed by atoms with Gasteiger partial charge in [0.25, 0.3) is 17.5 Å². The van der Waals surface area contributed by atoms with E-state index in [0.29, 0.717) is 29.3 Å². The van der Waals surface area contributed by atoms with Gasteiger partial charge in [-0.25, -0.2) is 0 Å². The van der Waals surface area contributed by atoms with Crippen LogP contribution in [0, 0.1) is 10.1 Å². The maximum atomic E-state index is 12.4. The van der Waals surface area contributed by atoms with Crippen LogP contribution in [-0.2, 0) is 4.79 Å². The summed E-state index contributed by atoms with van der Waals surface area (Å²) in [5.41, 5.74) is 1.51. The number of amides is 2. The summed E-state index contributed by atoms with van der Waals surface area (Å²) in [5.74, 6) is 0.374. The second kappa shape index (κ2) is 10.6. The number of nitro benzene ring substituents is 1. The van der Waals surface area contributed by atoms with Crippen LogP contribution in [0.15, 0.2) is 72.8 Å². The van der Waals surface area contributed by atoms with E-state index in [1.807, 2.05) is 6.92 Å². The van der Waals surface area contributed by atoms with Gasteiger partial charge >= 0.3 is 0 Å². The summed E-state index contributed by atoms with van der Waals surface area (Å²) in [7, 11) is 0. The van der Waals surface area contributed by atoms with Crippen LogP contribution in [0.5, 0.6) is 11.5 Å². The Morgan fingerprint density at radius 3 is 1.94 bits per heavy atom. The summed E-state index contributed by atoms with van der Waals surface area (Å²) >= 11 is 0. The summed E-state index contributed by atoms with van der Waals surface area (Å²) in [6.07, 6.45) is 0. The van der Waals surface area contributed by atoms with Crippen LogP contribution in [-0.4, -0.2) is 30.0 Å². The minimum atomic E-state index is -0.515. The van der Waals surface area contributed by atoms with Crippen LogP contribution in [0.25, 0.3) is 0 Å². The van der Waals surface area contributed by atoms with Crippen LogP contribution in [0.3, 0.4) is 0 Å². The van der Waals surface area contributed by atoms with Crippen molar-refractivity contribution in [3.63, 3.8) is 0 Å². The molecular formula is C23H21N3O6. The van der Waals surface area contributed by atoms with Gasteiger partial charge in [0.1, 0.15) is 11.5 Å². The number of benzene rings is 3. The van der Waals surface area contributed by atoms with Crippen molar-refractivity contribution in [2.24, 2.45) is 0 Å². The summed E-state index contributed by atoms with van der Waals surface area (Å²) < 4.78 is 10.7. The molecule has 0 aromatic heterocycles. The van der Waals surface area contributed by atoms with Gasteiger partial charge in [-0.3, -0.25) is 19.7 Å². The van der Waals surface area contributed by atoms with Crippen molar-refractivity contribution in [1.82, 2.24) is 0 Å². The quantitative estimate of drug-likeness (QED) is 0.383. The van der Waals surface area contributed by atoms with Crippen molar-refractivity contribution in [1.29, 1.82) is 0 Å². The first-order valence-electron chi connectivity index (χ1n) is 9.76. The largest absolute Gasteiger partial charge is 0.494 e. The molecule has 0 bridgehead atoms. The number of carbonyl (C=O) groups excluding carboxylic acids is 2. The Morgan fingerprint density at radius 1 is 0.812 bits per heavy atom. The molecular weight excluding hydrogens is 414 g/mol. The van der Waals surface area contributed by atoms with Gasteiger partial charge in [-0.05, 0) is 67.6 Å². The molecule has 9 heteroatoms. The zero-order valence-electron chi connectivity index (χ0n) is 17.2. The summed E-state index contributed by atoms with van der Waals surface area (Å²) in [6, 6.07) is 18.9. The highest BCUT2D eigenvalue weighted by Crippen LogP contribution is 2.18. The van der Waals surface area contributed by atoms with E-state index in [9.17, 15) is 19.7 Å². The number of anilines is 2. The first-order chi connectivity index (χ1) is 15.4. The van der Waals surface area contributed by atoms with Gasteiger partial charge in [0, 0.05) is 29.1 Å². The van der Waals surface area contributed by atoms with E-state index < -0.39 is 10.8 Å². The standard InChI is InChI=1S/C23H21N3O6/c1-2-31-20-11-7-18(8-12-20)25-23(28)16-3-5-17(6-4-16)24-22(27)15-32-21-13-9-19(10-14-21)26(29)30/h3-14H,2,15H2,1H3,(H,24,27)(H,25,28). The zero-order chi connectivity index (χ0) is 22.9. The van der Waals surface area contributed by atoms with Crippen LogP contribution in [0.2, 0.25) is 0 Å². The molecule has 9 nitrogen and oxygen atoms in total. The van der Waals surface area contributed by atoms with Gasteiger partial charge in [0.05, 0.1) is 11.5 Å². The number of hydrogen-bond donors (Lipinski definition) is 2. The van der Waals surface area contributed by atoms with E-state index in [4.69, 9.17) is 9.47 Å². The number of nitrogens with zero attached hydrogens (tertiary/aromatic N) is 1. The molecule has 0 saturated carbocycles. The SMILES string of the molecule is CCOc1ccc(NC(=O)c2ccc(NC(=O)COc3ccc([N+](=O)[O-])cc3)cc2)cc1. The fraction of sp³-hybridized carbons (Fsp3) is 0.130. The average Bonchev–Trinajstić information content (AvgIpc) is 2.80. The monoisotopic (exact) mass is 435 g/mol. The minimum absolute atomic E-state index is 0.0616. The zero-order valence-corrected chi connectivity index (χ0v) is 17.2. The maximum absolute atomic E-state index is 12.4. The molecule has 0 fully saturated rings. The highest BCUT2D eigenvalue weighted by Gasteiger charge is 2.09. The van der Waals surface area contributed by atoms with Crippen LogP contribution >= 0.6 is 0 Å². The van der Waals surface area contributed by atoms with Gasteiger partial charge in [0.15, 0.2) is 6.61 Å². The van der Waals surface area contributed by atoms with Crippen molar-refractivity contribution in [2.45, 2.75) is 6.92 Å². The fourth-order valence-electron chi connectivity index (χ4n) is 2.72. The number of hydrogen-bond acceptors (Lipinski definition) is 6. The van der Waals surface area contributed by atoms with E-state index in [0.717, 1.165) is 5.75 Å². The molecule has 32 heavy (non-hydrogen) atoms. The molecule has 164 valence electrons. The lowest BCUT2D eigenvalue weighted by Crippen LogP contribution is -2.20. The van der Waals surface area contributed by atoms with Gasteiger partial charge in [0.2, 0.25) is 0 Å². The first-order valence-corrected chi connectivity index (χ1v) is 9.76. The van der Waals surface area contributed by atoms with Gasteiger partial charge in [-0.15, -0.1) is 0 Å². The van der Waals surface area contributed by atoms with Crippen molar-refractivity contribution >= 4 is 28.9 Å². The third-order valence-corrected chi connectivity index (χ3v) is 4.27. The van der Waals surface area contributed by atoms with E-state index in [1.54, 1.807) is 48.5 Å². The highest BCUT2D eigenvalue weighted by molar-refractivity contribution is 6.04. The summed E-state index contributed by atoms with van der Waals surface area (Å²) in [5, 5.41) is 16.1. The lowest BCUT2D eigenvalue weighted by Gasteiger charge is -2.09. The Bertz CT molecular complexity index is 1080. The number of ether oxygens (including phenoxy) is 2. The number of rotatable bonds is 9. The topological polar surface area (TPSA) is 120 Å². The number of non-ortho nitro benzene ring substituents is 1. The lowest BCUT2D eigenvalue weighted by atomic mass is 10.2. The predicted octanol–water partition coefficient (Wildman–Crippen LogP) is 4.26. The van der Waals surface area contributed by atoms with E-state index in [1.165, 1.54) is 24.3 Å². The van der Waals surface area contributed by atoms with Crippen molar-refractivity contribution in [3.05, 3.63) is 88.5 Å². The Kier molecular flexibility index (Phi) is 7.37. The van der Waals surface area contributed by atoms with E-state index in [2.05, 4.69) is 10.6 Å². The maximum Gasteiger partial charge on any atom is 0.269 e. The summed E-state index contributed by atoms with van der Waals surface area (Å²) in [4.78, 5) is 34.6.